The molecule has 0 saturated heterocycles. The molecule has 0 bridgehead atoms. The van der Waals surface area contributed by atoms with Gasteiger partial charge in [-0.1, -0.05) is 35.0 Å². The first-order chi connectivity index (χ1) is 12.9. The van der Waals surface area contributed by atoms with Crippen molar-refractivity contribution in [2.24, 2.45) is 10.7 Å². The molecular weight excluding hydrogens is 404 g/mol. The van der Waals surface area contributed by atoms with Crippen LogP contribution in [-0.4, -0.2) is 42.3 Å². The Morgan fingerprint density at radius 3 is 2.78 bits per heavy atom. The Morgan fingerprint density at radius 1 is 1.33 bits per heavy atom. The molecule has 2 atom stereocenters. The number of nitrogens with zero attached hydrogens (tertiary/aromatic N) is 5. The molecule has 2 unspecified atom stereocenters. The number of hydrogen-bond donors (Lipinski definition) is 1. The van der Waals surface area contributed by atoms with E-state index in [-0.39, 0.29) is 5.96 Å². The zero-order valence-electron chi connectivity index (χ0n) is 14.7. The van der Waals surface area contributed by atoms with E-state index in [4.69, 9.17) is 17.3 Å². The first-order valence-corrected chi connectivity index (χ1v) is 10.6. The second kappa shape index (κ2) is 6.74. The fourth-order valence-corrected chi connectivity index (χ4v) is 5.67. The number of hydrogen-bond acceptors (Lipinski definition) is 6. The molecule has 7 nitrogen and oxygen atoms in total. The number of aliphatic imine (C=N–C) groups is 1. The Bertz CT molecular complexity index is 1050. The maximum atomic E-state index is 12.4. The third kappa shape index (κ3) is 3.26. The Morgan fingerprint density at radius 2 is 2.07 bits per heavy atom. The molecule has 27 heavy (non-hydrogen) atoms. The minimum atomic E-state index is -1.26. The third-order valence-electron chi connectivity index (χ3n) is 4.34. The van der Waals surface area contributed by atoms with E-state index in [0.29, 0.717) is 16.5 Å². The van der Waals surface area contributed by atoms with Gasteiger partial charge in [0.2, 0.25) is 5.96 Å². The van der Waals surface area contributed by atoms with Gasteiger partial charge in [0.15, 0.2) is 0 Å². The number of thiophene rings is 1. The van der Waals surface area contributed by atoms with Crippen molar-refractivity contribution in [1.29, 1.82) is 0 Å². The average Bonchev–Trinajstić information content (AvgIpc) is 3.27. The van der Waals surface area contributed by atoms with Crippen LogP contribution in [0, 0.1) is 0 Å². The summed E-state index contributed by atoms with van der Waals surface area (Å²) in [5.74, 6) is 0.559. The van der Waals surface area contributed by atoms with Gasteiger partial charge in [-0.2, -0.15) is 0 Å². The quantitative estimate of drug-likeness (QED) is 0.705. The Kier molecular flexibility index (Phi) is 4.53. The average molecular weight is 421 g/mol. The fourth-order valence-electron chi connectivity index (χ4n) is 2.86. The molecule has 2 N–H and O–H groups in total. The van der Waals surface area contributed by atoms with Gasteiger partial charge in [0, 0.05) is 7.05 Å². The van der Waals surface area contributed by atoms with Crippen molar-refractivity contribution in [2.45, 2.75) is 12.5 Å². The van der Waals surface area contributed by atoms with Crippen LogP contribution in [0.15, 0.2) is 47.6 Å². The van der Waals surface area contributed by atoms with Crippen molar-refractivity contribution >= 4 is 39.9 Å². The predicted octanol–water partition coefficient (Wildman–Crippen LogP) is 2.79. The zero-order valence-corrected chi connectivity index (χ0v) is 17.1. The third-order valence-corrected chi connectivity index (χ3v) is 7.76. The van der Waals surface area contributed by atoms with Gasteiger partial charge in [-0.25, -0.2) is 13.9 Å². The largest absolute Gasteiger partial charge is 0.369 e. The normalized spacial score (nSPS) is 22.7. The van der Waals surface area contributed by atoms with E-state index in [1.165, 1.54) is 15.6 Å². The highest BCUT2D eigenvalue weighted by Crippen LogP contribution is 2.43. The predicted molar refractivity (Wildman–Crippen MR) is 109 cm³/mol. The molecule has 0 saturated carbocycles. The van der Waals surface area contributed by atoms with E-state index in [9.17, 15) is 4.21 Å². The molecule has 1 aliphatic rings. The Labute approximate surface area is 168 Å². The highest BCUT2D eigenvalue weighted by molar-refractivity contribution is 7.83. The Balaban J connectivity index is 1.71. The van der Waals surface area contributed by atoms with E-state index in [1.54, 1.807) is 11.7 Å². The van der Waals surface area contributed by atoms with Crippen LogP contribution in [0.1, 0.15) is 11.8 Å². The standard InChI is InChI=1S/C17H17ClN6OS2/c1-17(10-27(25)23(2)16(19)20-17)15-12(18)8-14(26-15)13-9-24(22-21-13)11-6-4-3-5-7-11/h3-9H,10H2,1-2H3,(H2,19,20). The van der Waals surface area contributed by atoms with Crippen LogP contribution in [0.5, 0.6) is 0 Å². The van der Waals surface area contributed by atoms with E-state index in [0.717, 1.165) is 15.4 Å². The summed E-state index contributed by atoms with van der Waals surface area (Å²) < 4.78 is 15.5. The maximum Gasteiger partial charge on any atom is 0.204 e. The van der Waals surface area contributed by atoms with Crippen molar-refractivity contribution in [2.75, 3.05) is 12.8 Å². The number of rotatable bonds is 3. The topological polar surface area (TPSA) is 89.4 Å². The molecule has 3 heterocycles. The maximum absolute atomic E-state index is 12.4. The molecule has 4 rings (SSSR count). The van der Waals surface area contributed by atoms with Crippen LogP contribution < -0.4 is 5.73 Å². The number of nitrogens with two attached hydrogens (primary N) is 1. The lowest BCUT2D eigenvalue weighted by Crippen LogP contribution is -2.47. The summed E-state index contributed by atoms with van der Waals surface area (Å²) >= 11 is 7.97. The minimum absolute atomic E-state index is 0.239. The molecule has 0 amide bonds. The summed E-state index contributed by atoms with van der Waals surface area (Å²) in [7, 11) is 0.409. The molecule has 1 aromatic carbocycles. The van der Waals surface area contributed by atoms with Gasteiger partial charge < -0.3 is 5.73 Å². The smallest absolute Gasteiger partial charge is 0.204 e. The van der Waals surface area contributed by atoms with Gasteiger partial charge in [0.1, 0.15) is 22.2 Å². The summed E-state index contributed by atoms with van der Waals surface area (Å²) in [6, 6.07) is 11.6. The van der Waals surface area contributed by atoms with Gasteiger partial charge in [-0.15, -0.1) is 16.4 Å². The highest BCUT2D eigenvalue weighted by atomic mass is 35.5. The van der Waals surface area contributed by atoms with Gasteiger partial charge in [0.25, 0.3) is 0 Å². The van der Waals surface area contributed by atoms with Gasteiger partial charge >= 0.3 is 0 Å². The lowest BCUT2D eigenvalue weighted by molar-refractivity contribution is 0.524. The lowest BCUT2D eigenvalue weighted by atomic mass is 10.0. The van der Waals surface area contributed by atoms with E-state index >= 15 is 0 Å². The van der Waals surface area contributed by atoms with Gasteiger partial charge in [-0.05, 0) is 25.1 Å². The van der Waals surface area contributed by atoms with E-state index in [1.807, 2.05) is 49.5 Å². The molecule has 0 fully saturated rings. The van der Waals surface area contributed by atoms with Crippen LogP contribution in [-0.2, 0) is 16.5 Å². The van der Waals surface area contributed by atoms with E-state index in [2.05, 4.69) is 15.3 Å². The minimum Gasteiger partial charge on any atom is -0.369 e. The van der Waals surface area contributed by atoms with Crippen LogP contribution >= 0.6 is 22.9 Å². The fraction of sp³-hybridized carbons (Fsp3) is 0.235. The first kappa shape index (κ1) is 18.1. The number of para-hydroxylation sites is 1. The molecular formula is C17H17ClN6OS2. The second-order valence-corrected chi connectivity index (χ2v) is 9.32. The highest BCUT2D eigenvalue weighted by Gasteiger charge is 2.38. The lowest BCUT2D eigenvalue weighted by Gasteiger charge is -2.33. The van der Waals surface area contributed by atoms with Crippen LogP contribution in [0.25, 0.3) is 16.3 Å². The second-order valence-electron chi connectivity index (χ2n) is 6.38. The van der Waals surface area contributed by atoms with Crippen LogP contribution in [0.3, 0.4) is 0 Å². The molecule has 1 aliphatic heterocycles. The van der Waals surface area contributed by atoms with E-state index < -0.39 is 16.5 Å². The number of halogens is 1. The van der Waals surface area contributed by atoms with Crippen molar-refractivity contribution in [3.05, 3.63) is 52.5 Å². The number of guanidine groups is 1. The molecule has 3 aromatic rings. The van der Waals surface area contributed by atoms with Crippen LogP contribution in [0.2, 0.25) is 5.02 Å². The summed E-state index contributed by atoms with van der Waals surface area (Å²) in [5, 5.41) is 9.02. The monoisotopic (exact) mass is 420 g/mol. The SMILES string of the molecule is CN1C(N)=NC(C)(c2sc(-c3cn(-c4ccccc4)nn3)cc2Cl)CS1=O. The number of benzene rings is 1. The summed E-state index contributed by atoms with van der Waals surface area (Å²) in [6.45, 7) is 1.90. The van der Waals surface area contributed by atoms with Crippen molar-refractivity contribution in [3.63, 3.8) is 0 Å². The van der Waals surface area contributed by atoms with Crippen molar-refractivity contribution in [1.82, 2.24) is 19.3 Å². The summed E-state index contributed by atoms with van der Waals surface area (Å²) in [4.78, 5) is 6.24. The van der Waals surface area contributed by atoms with Gasteiger partial charge in [0.05, 0.1) is 32.4 Å². The molecule has 0 radical (unpaired) electrons. The Hall–Kier alpha value is -2.23. The molecule has 10 heteroatoms. The summed E-state index contributed by atoms with van der Waals surface area (Å²) in [6.07, 6.45) is 1.86. The zero-order chi connectivity index (χ0) is 19.2. The molecule has 140 valence electrons. The molecule has 0 aliphatic carbocycles. The van der Waals surface area contributed by atoms with Gasteiger partial charge in [-0.3, -0.25) is 4.31 Å². The summed E-state index contributed by atoms with van der Waals surface area (Å²) in [5.41, 5.74) is 6.84. The number of aromatic nitrogens is 3. The first-order valence-electron chi connectivity index (χ1n) is 8.13. The van der Waals surface area contributed by atoms with Crippen molar-refractivity contribution < 1.29 is 4.21 Å². The molecule has 0 spiro atoms. The van der Waals surface area contributed by atoms with Crippen molar-refractivity contribution in [3.8, 4) is 16.3 Å². The molecule has 2 aromatic heterocycles. The van der Waals surface area contributed by atoms with Crippen LogP contribution in [0.4, 0.5) is 0 Å².